The Hall–Kier alpha value is -1.99. The first kappa shape index (κ1) is 77.3. The predicted octanol–water partition coefficient (Wildman–Crippen LogP) is 8.05. The zero-order valence-corrected chi connectivity index (χ0v) is 52.3. The second-order valence-electron chi connectivity index (χ2n) is 24.3. The van der Waals surface area contributed by atoms with Crippen molar-refractivity contribution in [2.45, 2.75) is 349 Å². The lowest BCUT2D eigenvalue weighted by molar-refractivity contribution is -0.379. The van der Waals surface area contributed by atoms with Crippen molar-refractivity contribution in [2.24, 2.45) is 0 Å². The number of carbonyl (C=O) groups excluding carboxylic acids is 1. The fourth-order valence-corrected chi connectivity index (χ4v) is 11.4. The van der Waals surface area contributed by atoms with Crippen LogP contribution in [-0.4, -0.2) is 193 Å². The van der Waals surface area contributed by atoms with Gasteiger partial charge in [-0.2, -0.15) is 0 Å². The number of hydrogen-bond acceptors (Lipinski definition) is 18. The number of unbranched alkanes of at least 4 members (excludes halogenated alkanes) is 31. The molecule has 85 heavy (non-hydrogen) atoms. The van der Waals surface area contributed by atoms with Crippen LogP contribution in [0, 0.1) is 0 Å². The molecule has 19 nitrogen and oxygen atoms in total. The Morgan fingerprint density at radius 2 is 0.776 bits per heavy atom. The van der Waals surface area contributed by atoms with Gasteiger partial charge >= 0.3 is 0 Å². The summed E-state index contributed by atoms with van der Waals surface area (Å²) in [6.07, 6.45) is 28.4. The lowest BCUT2D eigenvalue weighted by Crippen LogP contribution is -2.66. The fourth-order valence-electron chi connectivity index (χ4n) is 11.4. The van der Waals surface area contributed by atoms with E-state index < -0.39 is 124 Å². The van der Waals surface area contributed by atoms with Gasteiger partial charge in [-0.15, -0.1) is 0 Å². The van der Waals surface area contributed by atoms with Crippen LogP contribution in [0.5, 0.6) is 0 Å². The van der Waals surface area contributed by atoms with E-state index in [-0.39, 0.29) is 18.9 Å². The zero-order chi connectivity index (χ0) is 61.9. The summed E-state index contributed by atoms with van der Waals surface area (Å²) in [6, 6.07) is -0.980. The van der Waals surface area contributed by atoms with Crippen molar-refractivity contribution in [2.75, 3.05) is 26.4 Å². The zero-order valence-electron chi connectivity index (χ0n) is 52.3. The normalized spacial score (nSPS) is 29.2. The van der Waals surface area contributed by atoms with Crippen LogP contribution in [0.25, 0.3) is 0 Å². The summed E-state index contributed by atoms with van der Waals surface area (Å²) in [4.78, 5) is 13.4. The van der Waals surface area contributed by atoms with E-state index >= 15 is 0 Å². The summed E-state index contributed by atoms with van der Waals surface area (Å²) in [7, 11) is 0. The van der Waals surface area contributed by atoms with E-state index in [1.165, 1.54) is 148 Å². The van der Waals surface area contributed by atoms with Gasteiger partial charge in [-0.25, -0.2) is 0 Å². The molecule has 12 N–H and O–H groups in total. The molecule has 3 fully saturated rings. The van der Waals surface area contributed by atoms with Crippen LogP contribution in [-0.2, 0) is 33.2 Å². The first-order valence-corrected chi connectivity index (χ1v) is 33.7. The largest absolute Gasteiger partial charge is 0.394 e. The molecule has 0 spiro atoms. The van der Waals surface area contributed by atoms with E-state index in [9.17, 15) is 61.0 Å². The van der Waals surface area contributed by atoms with Crippen molar-refractivity contribution in [3.05, 3.63) is 36.5 Å². The topological polar surface area (TPSA) is 307 Å². The molecule has 0 aromatic carbocycles. The van der Waals surface area contributed by atoms with Gasteiger partial charge in [0.05, 0.1) is 38.6 Å². The molecule has 0 saturated carbocycles. The minimum atomic E-state index is -1.98. The van der Waals surface area contributed by atoms with Gasteiger partial charge in [0, 0.05) is 6.42 Å². The molecular weight excluding hydrogens is 1090 g/mol. The van der Waals surface area contributed by atoms with E-state index in [2.05, 4.69) is 43.5 Å². The Balaban J connectivity index is 1.45. The summed E-state index contributed by atoms with van der Waals surface area (Å²) >= 11 is 0. The molecule has 0 radical (unpaired) electrons. The highest BCUT2D eigenvalue weighted by molar-refractivity contribution is 5.76. The van der Waals surface area contributed by atoms with Gasteiger partial charge in [-0.3, -0.25) is 4.79 Å². The maximum absolute atomic E-state index is 13.4. The van der Waals surface area contributed by atoms with E-state index in [4.69, 9.17) is 28.4 Å². The molecule has 17 atom stereocenters. The molecule has 0 bridgehead atoms. The van der Waals surface area contributed by atoms with E-state index in [1.807, 2.05) is 6.08 Å². The molecule has 3 rings (SSSR count). The summed E-state index contributed by atoms with van der Waals surface area (Å²) in [5.74, 6) is -0.288. The molecule has 0 aliphatic carbocycles. The molecule has 0 aromatic rings. The standard InChI is InChI=1S/C66H121NO18/c1-3-5-7-9-11-13-15-17-19-20-21-22-23-24-25-26-27-28-30-31-33-35-37-39-41-43-50(71)49(67-54(72)44-42-40-38-36-34-32-29-18-16-14-12-10-8-6-4-2)48-80-64-60(78)57(75)62(52(46-69)82-64)85-66-61(79)58(76)63(53(47-70)83-66)84-65-59(77)56(74)55(73)51(45-68)81-65/h12,14,18,29,41,43,49-53,55-66,68-71,73-79H,3-11,13,15-17,19-28,30-40,42,44-48H2,1-2H3,(H,67,72)/b14-12-,29-18-,43-41+. The van der Waals surface area contributed by atoms with Crippen LogP contribution in [0.3, 0.4) is 0 Å². The second kappa shape index (κ2) is 48.8. The number of ether oxygens (including phenoxy) is 6. The molecule has 3 aliphatic heterocycles. The summed E-state index contributed by atoms with van der Waals surface area (Å²) < 4.78 is 34.3. The van der Waals surface area contributed by atoms with Gasteiger partial charge in [0.1, 0.15) is 73.2 Å². The fraction of sp³-hybridized carbons (Fsp3) is 0.894. The monoisotopic (exact) mass is 1220 g/mol. The number of aliphatic hydroxyl groups excluding tert-OH is 11. The SMILES string of the molecule is CCCCC/C=C\C/C=C\CCCCCCCC(=O)NC(COC1OC(CO)C(OC2OC(CO)C(OC3OC(CO)C(O)C(O)C3O)C(O)C2O)C(O)C1O)C(O)/C=C/CCCCCCCCCCCCCCCCCCCCCCCCC. The maximum Gasteiger partial charge on any atom is 0.220 e. The van der Waals surface area contributed by atoms with Crippen LogP contribution >= 0.6 is 0 Å². The van der Waals surface area contributed by atoms with Gasteiger partial charge in [-0.1, -0.05) is 224 Å². The Morgan fingerprint density at radius 3 is 1.22 bits per heavy atom. The van der Waals surface area contributed by atoms with Crippen molar-refractivity contribution in [1.29, 1.82) is 0 Å². The van der Waals surface area contributed by atoms with Crippen molar-refractivity contribution in [1.82, 2.24) is 5.32 Å². The van der Waals surface area contributed by atoms with Crippen LogP contribution in [0.4, 0.5) is 0 Å². The summed E-state index contributed by atoms with van der Waals surface area (Å²) in [5, 5.41) is 120. The van der Waals surface area contributed by atoms with Gasteiger partial charge < -0.3 is 89.9 Å². The number of rotatable bonds is 51. The Kier molecular flexibility index (Phi) is 44.4. The lowest BCUT2D eigenvalue weighted by Gasteiger charge is -2.48. The second-order valence-corrected chi connectivity index (χ2v) is 24.3. The van der Waals surface area contributed by atoms with Gasteiger partial charge in [0.15, 0.2) is 18.9 Å². The first-order valence-electron chi connectivity index (χ1n) is 33.7. The van der Waals surface area contributed by atoms with Crippen LogP contribution in [0.15, 0.2) is 36.5 Å². The first-order chi connectivity index (χ1) is 41.3. The molecule has 498 valence electrons. The summed E-state index contributed by atoms with van der Waals surface area (Å²) in [5.41, 5.74) is 0. The molecule has 19 heteroatoms. The van der Waals surface area contributed by atoms with E-state index in [0.29, 0.717) is 6.42 Å². The molecule has 3 saturated heterocycles. The molecular formula is C66H121NO18. The minimum absolute atomic E-state index is 0.228. The Labute approximate surface area is 511 Å². The van der Waals surface area contributed by atoms with Crippen LogP contribution in [0.1, 0.15) is 245 Å². The third-order valence-corrected chi connectivity index (χ3v) is 16.9. The third-order valence-electron chi connectivity index (χ3n) is 16.9. The number of carbonyl (C=O) groups is 1. The number of aliphatic hydroxyl groups is 11. The number of allylic oxidation sites excluding steroid dienone is 5. The smallest absolute Gasteiger partial charge is 0.220 e. The van der Waals surface area contributed by atoms with E-state index in [1.54, 1.807) is 6.08 Å². The predicted molar refractivity (Wildman–Crippen MR) is 328 cm³/mol. The van der Waals surface area contributed by atoms with Gasteiger partial charge in [-0.05, 0) is 51.4 Å². The molecule has 1 amide bonds. The van der Waals surface area contributed by atoms with Crippen molar-refractivity contribution >= 4 is 5.91 Å². The molecule has 0 aromatic heterocycles. The highest BCUT2D eigenvalue weighted by atomic mass is 16.8. The van der Waals surface area contributed by atoms with E-state index in [0.717, 1.165) is 70.6 Å². The average Bonchev–Trinajstić information content (AvgIpc) is 3.49. The number of hydrogen-bond donors (Lipinski definition) is 12. The van der Waals surface area contributed by atoms with Gasteiger partial charge in [0.2, 0.25) is 5.91 Å². The quantitative estimate of drug-likeness (QED) is 0.0202. The highest BCUT2D eigenvalue weighted by Crippen LogP contribution is 2.33. The van der Waals surface area contributed by atoms with Gasteiger partial charge in [0.25, 0.3) is 0 Å². The molecule has 17 unspecified atom stereocenters. The van der Waals surface area contributed by atoms with Crippen molar-refractivity contribution in [3.8, 4) is 0 Å². The molecule has 3 heterocycles. The average molecular weight is 1220 g/mol. The third kappa shape index (κ3) is 31.5. The molecule has 3 aliphatic rings. The Bertz CT molecular complexity index is 1690. The van der Waals surface area contributed by atoms with Crippen molar-refractivity contribution in [3.63, 3.8) is 0 Å². The van der Waals surface area contributed by atoms with Crippen molar-refractivity contribution < 1.29 is 89.4 Å². The van der Waals surface area contributed by atoms with Crippen LogP contribution in [0.2, 0.25) is 0 Å². The summed E-state index contributed by atoms with van der Waals surface area (Å²) in [6.45, 7) is 1.71. The maximum atomic E-state index is 13.4. The number of nitrogens with one attached hydrogen (secondary N) is 1. The number of amides is 1. The Morgan fingerprint density at radius 1 is 0.424 bits per heavy atom. The minimum Gasteiger partial charge on any atom is -0.394 e. The van der Waals surface area contributed by atoms with Crippen LogP contribution < -0.4 is 5.32 Å². The highest BCUT2D eigenvalue weighted by Gasteiger charge is 2.53. The lowest BCUT2D eigenvalue weighted by atomic mass is 9.96.